The topological polar surface area (TPSA) is 0 Å². The first-order valence-electron chi connectivity index (χ1n) is 16.3. The van der Waals surface area contributed by atoms with Crippen molar-refractivity contribution in [2.24, 2.45) is 0 Å². The van der Waals surface area contributed by atoms with Gasteiger partial charge in [0.1, 0.15) is 0 Å². The Morgan fingerprint density at radius 2 is 0.646 bits per heavy atom. The van der Waals surface area contributed by atoms with Crippen LogP contribution in [0.5, 0.6) is 0 Å². The molecule has 0 aliphatic carbocycles. The molecular formula is C44H38P2S2. The van der Waals surface area contributed by atoms with Crippen LogP contribution in [0.3, 0.4) is 0 Å². The number of hydrogen-bond donors (Lipinski definition) is 0. The lowest BCUT2D eigenvalue weighted by atomic mass is 10.1. The fourth-order valence-corrected chi connectivity index (χ4v) is 14.8. The number of rotatable bonds is 6. The summed E-state index contributed by atoms with van der Waals surface area (Å²) < 4.78 is 5.76. The zero-order valence-corrected chi connectivity index (χ0v) is 31.1. The van der Waals surface area contributed by atoms with Gasteiger partial charge in [-0.15, -0.1) is 22.7 Å². The van der Waals surface area contributed by atoms with Gasteiger partial charge in [-0.25, -0.2) is 0 Å². The fraction of sp³-hybridized carbons (Fsp3) is 0.0909. The van der Waals surface area contributed by atoms with Gasteiger partial charge in [0.15, 0.2) is 0 Å². The zero-order chi connectivity index (χ0) is 33.0. The van der Waals surface area contributed by atoms with E-state index in [9.17, 15) is 0 Å². The van der Waals surface area contributed by atoms with Crippen LogP contribution in [0, 0.1) is 27.7 Å². The largest absolute Gasteiger partial charge is 0.135 e. The molecule has 0 amide bonds. The van der Waals surface area contributed by atoms with Crippen molar-refractivity contribution in [2.45, 2.75) is 27.7 Å². The van der Waals surface area contributed by atoms with Gasteiger partial charge in [0, 0.05) is 18.6 Å². The van der Waals surface area contributed by atoms with Gasteiger partial charge in [-0.05, 0) is 122 Å². The molecule has 0 atom stereocenters. The van der Waals surface area contributed by atoms with Crippen molar-refractivity contribution in [1.82, 2.24) is 0 Å². The predicted octanol–water partition coefficient (Wildman–Crippen LogP) is 10.6. The molecule has 0 spiro atoms. The minimum atomic E-state index is -0.496. The van der Waals surface area contributed by atoms with Gasteiger partial charge in [-0.1, -0.05) is 133 Å². The number of thiophene rings is 2. The Bertz CT molecular complexity index is 2030. The molecule has 0 aliphatic heterocycles. The Hall–Kier alpha value is -3.90. The summed E-state index contributed by atoms with van der Waals surface area (Å²) in [6, 6.07) is 57.7. The van der Waals surface area contributed by atoms with E-state index in [1.807, 2.05) is 22.7 Å². The molecule has 236 valence electrons. The Balaban J connectivity index is 0.000000152. The summed E-state index contributed by atoms with van der Waals surface area (Å²) in [5, 5.41) is 8.47. The third kappa shape index (κ3) is 7.10. The van der Waals surface area contributed by atoms with E-state index in [0.717, 1.165) is 0 Å². The molecular weight excluding hydrogens is 655 g/mol. The Kier molecular flexibility index (Phi) is 9.99. The molecule has 2 heterocycles. The van der Waals surface area contributed by atoms with Crippen LogP contribution in [0.15, 0.2) is 158 Å². The number of aryl methyl sites for hydroxylation is 4. The van der Waals surface area contributed by atoms with E-state index < -0.39 is 15.8 Å². The van der Waals surface area contributed by atoms with Crippen molar-refractivity contribution in [3.05, 3.63) is 180 Å². The normalized spacial score (nSPS) is 11.3. The average Bonchev–Trinajstić information content (AvgIpc) is 3.72. The van der Waals surface area contributed by atoms with Gasteiger partial charge in [-0.2, -0.15) is 0 Å². The maximum atomic E-state index is 2.42. The van der Waals surface area contributed by atoms with E-state index >= 15 is 0 Å². The summed E-state index contributed by atoms with van der Waals surface area (Å²) in [5.41, 5.74) is 5.45. The first-order valence-corrected chi connectivity index (χ1v) is 20.6. The van der Waals surface area contributed by atoms with Gasteiger partial charge in [0.05, 0.1) is 0 Å². The van der Waals surface area contributed by atoms with Crippen molar-refractivity contribution in [3.8, 4) is 0 Å². The standard InChI is InChI=1S/2C22H19PS/c2*1-16-13-17(2)20-15-22(24-21(20)14-16)23(18-9-5-3-6-10-18)19-11-7-4-8-12-19/h2*3-15H,1-2H3. The molecule has 48 heavy (non-hydrogen) atoms. The first kappa shape index (κ1) is 32.6. The summed E-state index contributed by atoms with van der Waals surface area (Å²) in [4.78, 5) is 0. The monoisotopic (exact) mass is 692 g/mol. The van der Waals surface area contributed by atoms with Gasteiger partial charge in [-0.3, -0.25) is 0 Å². The Morgan fingerprint density at radius 3 is 0.938 bits per heavy atom. The molecule has 8 aromatic rings. The quantitative estimate of drug-likeness (QED) is 0.152. The van der Waals surface area contributed by atoms with Crippen LogP contribution in [0.25, 0.3) is 20.2 Å². The van der Waals surface area contributed by atoms with Crippen molar-refractivity contribution in [2.75, 3.05) is 0 Å². The third-order valence-corrected chi connectivity index (χ3v) is 16.3. The van der Waals surface area contributed by atoms with Crippen molar-refractivity contribution < 1.29 is 0 Å². The van der Waals surface area contributed by atoms with Crippen LogP contribution in [0.2, 0.25) is 0 Å². The van der Waals surface area contributed by atoms with Gasteiger partial charge >= 0.3 is 0 Å². The van der Waals surface area contributed by atoms with Crippen LogP contribution >= 0.6 is 38.5 Å². The molecule has 2 aromatic heterocycles. The number of benzene rings is 6. The predicted molar refractivity (Wildman–Crippen MR) is 220 cm³/mol. The van der Waals surface area contributed by atoms with E-state index in [-0.39, 0.29) is 0 Å². The van der Waals surface area contributed by atoms with Crippen molar-refractivity contribution in [3.63, 3.8) is 0 Å². The smallest absolute Gasteiger partial charge is 0.0381 e. The molecule has 0 aliphatic rings. The molecule has 0 unspecified atom stereocenters. The molecule has 0 nitrogen and oxygen atoms in total. The Morgan fingerprint density at radius 1 is 0.354 bits per heavy atom. The molecule has 6 aromatic carbocycles. The molecule has 0 saturated carbocycles. The number of fused-ring (bicyclic) bond motifs is 2. The minimum absolute atomic E-state index is 0.496. The molecule has 0 N–H and O–H groups in total. The van der Waals surface area contributed by atoms with E-state index in [2.05, 4.69) is 185 Å². The second-order valence-electron chi connectivity index (χ2n) is 12.2. The SMILES string of the molecule is Cc1cc(C)c2cc(P(c3ccccc3)c3ccccc3)sc2c1.Cc1cc(C)c2cc(P(c3ccccc3)c3ccccc3)sc2c1. The summed E-state index contributed by atoms with van der Waals surface area (Å²) in [6.07, 6.45) is 0. The van der Waals surface area contributed by atoms with Gasteiger partial charge in [0.25, 0.3) is 0 Å². The third-order valence-electron chi connectivity index (χ3n) is 8.45. The minimum Gasteiger partial charge on any atom is -0.135 e. The summed E-state index contributed by atoms with van der Waals surface area (Å²) in [6.45, 7) is 8.81. The molecule has 4 heteroatoms. The molecule has 0 bridgehead atoms. The summed E-state index contributed by atoms with van der Waals surface area (Å²) in [5.74, 6) is 0. The average molecular weight is 693 g/mol. The van der Waals surface area contributed by atoms with Crippen molar-refractivity contribution in [1.29, 1.82) is 0 Å². The van der Waals surface area contributed by atoms with E-state index in [0.29, 0.717) is 0 Å². The first-order chi connectivity index (χ1) is 23.4. The highest BCUT2D eigenvalue weighted by atomic mass is 32.1. The van der Waals surface area contributed by atoms with E-state index in [4.69, 9.17) is 0 Å². The van der Waals surface area contributed by atoms with E-state index in [1.54, 1.807) is 0 Å². The maximum Gasteiger partial charge on any atom is 0.0381 e. The van der Waals surface area contributed by atoms with Crippen LogP contribution in [0.1, 0.15) is 22.3 Å². The van der Waals surface area contributed by atoms with Crippen LogP contribution in [0.4, 0.5) is 0 Å². The summed E-state index contributed by atoms with van der Waals surface area (Å²) >= 11 is 3.90. The highest BCUT2D eigenvalue weighted by Crippen LogP contribution is 2.40. The Labute approximate surface area is 295 Å². The van der Waals surface area contributed by atoms with Gasteiger partial charge < -0.3 is 0 Å². The number of hydrogen-bond acceptors (Lipinski definition) is 2. The molecule has 0 fully saturated rings. The highest BCUT2D eigenvalue weighted by molar-refractivity contribution is 7.85. The zero-order valence-electron chi connectivity index (χ0n) is 27.7. The lowest BCUT2D eigenvalue weighted by Crippen LogP contribution is -2.18. The highest BCUT2D eigenvalue weighted by Gasteiger charge is 2.20. The van der Waals surface area contributed by atoms with E-state index in [1.165, 1.54) is 72.9 Å². The fourth-order valence-electron chi connectivity index (χ4n) is 6.29. The van der Waals surface area contributed by atoms with Crippen LogP contribution in [-0.4, -0.2) is 0 Å². The summed E-state index contributed by atoms with van der Waals surface area (Å²) in [7, 11) is -0.993. The molecule has 0 radical (unpaired) electrons. The molecule has 0 saturated heterocycles. The second kappa shape index (κ2) is 14.7. The lowest BCUT2D eigenvalue weighted by molar-refractivity contribution is 1.44. The lowest BCUT2D eigenvalue weighted by Gasteiger charge is -2.16. The van der Waals surface area contributed by atoms with Crippen LogP contribution < -0.4 is 30.5 Å². The molecule has 8 rings (SSSR count). The van der Waals surface area contributed by atoms with Crippen molar-refractivity contribution >= 4 is 89.1 Å². The maximum absolute atomic E-state index is 2.42. The van der Waals surface area contributed by atoms with Crippen LogP contribution in [-0.2, 0) is 0 Å². The second-order valence-corrected chi connectivity index (χ2v) is 19.3. The van der Waals surface area contributed by atoms with Gasteiger partial charge in [0.2, 0.25) is 0 Å².